The molecule has 0 bridgehead atoms. The number of aromatic amines is 1. The van der Waals surface area contributed by atoms with E-state index in [1.807, 2.05) is 36.0 Å². The van der Waals surface area contributed by atoms with Gasteiger partial charge in [-0.3, -0.25) is 0 Å². The van der Waals surface area contributed by atoms with Crippen LogP contribution in [0.4, 0.5) is 0 Å². The summed E-state index contributed by atoms with van der Waals surface area (Å²) in [5, 5.41) is 7.78. The SMILES string of the molecule is Cn1cc(-c2n[nH]c(=S)o2)c2ccccc21. The molecule has 80 valence electrons. The summed E-state index contributed by atoms with van der Waals surface area (Å²) in [6.45, 7) is 0. The number of aromatic nitrogens is 3. The van der Waals surface area contributed by atoms with Crippen LogP contribution < -0.4 is 0 Å². The van der Waals surface area contributed by atoms with Gasteiger partial charge in [-0.05, 0) is 18.3 Å². The molecule has 2 heterocycles. The molecule has 0 unspecified atom stereocenters. The highest BCUT2D eigenvalue weighted by molar-refractivity contribution is 7.71. The number of aryl methyl sites for hydroxylation is 1. The topological polar surface area (TPSA) is 46.8 Å². The van der Waals surface area contributed by atoms with Crippen molar-refractivity contribution in [2.24, 2.45) is 7.05 Å². The van der Waals surface area contributed by atoms with Crippen LogP contribution in [0.2, 0.25) is 0 Å². The van der Waals surface area contributed by atoms with Crippen LogP contribution in [-0.2, 0) is 7.05 Å². The Morgan fingerprint density at radius 1 is 1.38 bits per heavy atom. The van der Waals surface area contributed by atoms with Crippen LogP contribution in [0, 0.1) is 4.84 Å². The van der Waals surface area contributed by atoms with Gasteiger partial charge in [-0.2, -0.15) is 0 Å². The van der Waals surface area contributed by atoms with E-state index in [1.54, 1.807) is 0 Å². The van der Waals surface area contributed by atoms with Gasteiger partial charge in [0.25, 0.3) is 4.84 Å². The van der Waals surface area contributed by atoms with Gasteiger partial charge in [0.2, 0.25) is 5.89 Å². The predicted molar refractivity (Wildman–Crippen MR) is 63.6 cm³/mol. The summed E-state index contributed by atoms with van der Waals surface area (Å²) >= 11 is 4.87. The number of nitrogens with one attached hydrogen (secondary N) is 1. The van der Waals surface area contributed by atoms with Crippen LogP contribution in [0.3, 0.4) is 0 Å². The van der Waals surface area contributed by atoms with Crippen molar-refractivity contribution in [1.82, 2.24) is 14.8 Å². The van der Waals surface area contributed by atoms with Crippen molar-refractivity contribution in [2.45, 2.75) is 0 Å². The summed E-state index contributed by atoms with van der Waals surface area (Å²) in [5.74, 6) is 0.529. The molecule has 16 heavy (non-hydrogen) atoms. The lowest BCUT2D eigenvalue weighted by Crippen LogP contribution is -1.81. The number of nitrogens with zero attached hydrogens (tertiary/aromatic N) is 2. The molecule has 0 saturated heterocycles. The first-order valence-electron chi connectivity index (χ1n) is 4.85. The van der Waals surface area contributed by atoms with Crippen molar-refractivity contribution < 1.29 is 4.42 Å². The summed E-state index contributed by atoms with van der Waals surface area (Å²) in [6, 6.07) is 8.09. The Hall–Kier alpha value is -1.88. The summed E-state index contributed by atoms with van der Waals surface area (Å²) in [5.41, 5.74) is 2.09. The monoisotopic (exact) mass is 231 g/mol. The summed E-state index contributed by atoms with van der Waals surface area (Å²) < 4.78 is 7.37. The minimum absolute atomic E-state index is 0.294. The second-order valence-electron chi connectivity index (χ2n) is 3.59. The van der Waals surface area contributed by atoms with Gasteiger partial charge in [-0.15, -0.1) is 5.10 Å². The molecule has 2 aromatic heterocycles. The smallest absolute Gasteiger partial charge is 0.284 e. The van der Waals surface area contributed by atoms with Crippen molar-refractivity contribution in [1.29, 1.82) is 0 Å². The molecular weight excluding hydrogens is 222 g/mol. The predicted octanol–water partition coefficient (Wildman–Crippen LogP) is 2.89. The van der Waals surface area contributed by atoms with Gasteiger partial charge in [0.05, 0.1) is 5.56 Å². The number of hydrogen-bond donors (Lipinski definition) is 1. The van der Waals surface area contributed by atoms with Crippen LogP contribution in [0.5, 0.6) is 0 Å². The fraction of sp³-hybridized carbons (Fsp3) is 0.0909. The lowest BCUT2D eigenvalue weighted by Gasteiger charge is -1.93. The molecular formula is C11H9N3OS. The fourth-order valence-electron chi connectivity index (χ4n) is 1.86. The van der Waals surface area contributed by atoms with E-state index in [2.05, 4.69) is 16.3 Å². The third kappa shape index (κ3) is 1.29. The van der Waals surface area contributed by atoms with E-state index in [4.69, 9.17) is 16.6 Å². The van der Waals surface area contributed by atoms with E-state index in [1.165, 1.54) is 0 Å². The van der Waals surface area contributed by atoms with E-state index in [9.17, 15) is 0 Å². The standard InChI is InChI=1S/C11H9N3OS/c1-14-6-8(10-12-13-11(16)15-10)7-4-2-3-5-9(7)14/h2-6H,1H3,(H,13,16). The average molecular weight is 231 g/mol. The van der Waals surface area contributed by atoms with Crippen LogP contribution in [0.1, 0.15) is 0 Å². The Labute approximate surface area is 96.5 Å². The first-order chi connectivity index (χ1) is 7.75. The molecule has 1 aromatic carbocycles. The molecule has 5 heteroatoms. The summed E-state index contributed by atoms with van der Waals surface area (Å²) in [4.78, 5) is 0.294. The molecule has 0 spiro atoms. The van der Waals surface area contributed by atoms with Gasteiger partial charge in [0, 0.05) is 24.1 Å². The van der Waals surface area contributed by atoms with E-state index in [0.717, 1.165) is 16.5 Å². The quantitative estimate of drug-likeness (QED) is 0.655. The van der Waals surface area contributed by atoms with Gasteiger partial charge in [-0.25, -0.2) is 5.10 Å². The minimum atomic E-state index is 0.294. The van der Waals surface area contributed by atoms with Crippen molar-refractivity contribution in [2.75, 3.05) is 0 Å². The maximum Gasteiger partial charge on any atom is 0.284 e. The Balaban J connectivity index is 2.36. The molecule has 0 aliphatic rings. The van der Waals surface area contributed by atoms with Crippen molar-refractivity contribution in [3.63, 3.8) is 0 Å². The Morgan fingerprint density at radius 2 is 2.19 bits per heavy atom. The van der Waals surface area contributed by atoms with Crippen molar-refractivity contribution in [3.8, 4) is 11.5 Å². The maximum atomic E-state index is 5.33. The number of H-pyrrole nitrogens is 1. The first kappa shape index (κ1) is 9.35. The highest BCUT2D eigenvalue weighted by Crippen LogP contribution is 2.28. The minimum Gasteiger partial charge on any atom is -0.409 e. The fourth-order valence-corrected chi connectivity index (χ4v) is 1.98. The van der Waals surface area contributed by atoms with E-state index in [0.29, 0.717) is 10.7 Å². The zero-order chi connectivity index (χ0) is 11.1. The van der Waals surface area contributed by atoms with Crippen molar-refractivity contribution in [3.05, 3.63) is 35.3 Å². The molecule has 3 rings (SSSR count). The second-order valence-corrected chi connectivity index (χ2v) is 3.96. The number of para-hydroxylation sites is 1. The lowest BCUT2D eigenvalue weighted by molar-refractivity contribution is 0.552. The molecule has 0 aliphatic carbocycles. The van der Waals surface area contributed by atoms with Crippen LogP contribution in [-0.4, -0.2) is 14.8 Å². The van der Waals surface area contributed by atoms with Crippen LogP contribution in [0.25, 0.3) is 22.4 Å². The van der Waals surface area contributed by atoms with Gasteiger partial charge >= 0.3 is 0 Å². The van der Waals surface area contributed by atoms with Gasteiger partial charge in [0.1, 0.15) is 0 Å². The lowest BCUT2D eigenvalue weighted by atomic mass is 10.2. The largest absolute Gasteiger partial charge is 0.409 e. The third-order valence-corrected chi connectivity index (χ3v) is 2.74. The van der Waals surface area contributed by atoms with E-state index < -0.39 is 0 Å². The summed E-state index contributed by atoms with van der Waals surface area (Å²) in [6.07, 6.45) is 1.99. The molecule has 1 N–H and O–H groups in total. The Morgan fingerprint density at radius 3 is 2.94 bits per heavy atom. The molecule has 0 saturated carbocycles. The van der Waals surface area contributed by atoms with Gasteiger partial charge < -0.3 is 8.98 Å². The molecule has 3 aromatic rings. The molecule has 0 amide bonds. The van der Waals surface area contributed by atoms with Gasteiger partial charge in [-0.1, -0.05) is 18.2 Å². The molecule has 0 fully saturated rings. The van der Waals surface area contributed by atoms with Gasteiger partial charge in [0.15, 0.2) is 0 Å². The van der Waals surface area contributed by atoms with E-state index >= 15 is 0 Å². The third-order valence-electron chi connectivity index (χ3n) is 2.57. The molecule has 4 nitrogen and oxygen atoms in total. The summed E-state index contributed by atoms with van der Waals surface area (Å²) in [7, 11) is 1.99. The number of rotatable bonds is 1. The number of hydrogen-bond acceptors (Lipinski definition) is 3. The van der Waals surface area contributed by atoms with Crippen LogP contribution in [0.15, 0.2) is 34.9 Å². The van der Waals surface area contributed by atoms with E-state index in [-0.39, 0.29) is 0 Å². The Kier molecular flexibility index (Phi) is 1.94. The zero-order valence-corrected chi connectivity index (χ0v) is 9.41. The average Bonchev–Trinajstić information content (AvgIpc) is 2.84. The first-order valence-corrected chi connectivity index (χ1v) is 5.26. The number of fused-ring (bicyclic) bond motifs is 1. The van der Waals surface area contributed by atoms with Crippen molar-refractivity contribution >= 4 is 23.1 Å². The van der Waals surface area contributed by atoms with Crippen LogP contribution >= 0.6 is 12.2 Å². The normalized spacial score (nSPS) is 11.1. The highest BCUT2D eigenvalue weighted by Gasteiger charge is 2.11. The number of benzene rings is 1. The molecule has 0 radical (unpaired) electrons. The molecule has 0 aliphatic heterocycles. The molecule has 0 atom stereocenters. The maximum absolute atomic E-state index is 5.33. The second kappa shape index (κ2) is 3.31. The highest BCUT2D eigenvalue weighted by atomic mass is 32.1. The Bertz CT molecular complexity index is 707. The zero-order valence-electron chi connectivity index (χ0n) is 8.60.